The highest BCUT2D eigenvalue weighted by molar-refractivity contribution is 7.18. The van der Waals surface area contributed by atoms with E-state index in [4.69, 9.17) is 19.6 Å². The summed E-state index contributed by atoms with van der Waals surface area (Å²) in [4.78, 5) is 22.0. The van der Waals surface area contributed by atoms with E-state index in [9.17, 15) is 9.18 Å². The summed E-state index contributed by atoms with van der Waals surface area (Å²) in [5.41, 5.74) is 6.68. The Morgan fingerprint density at radius 2 is 1.88 bits per heavy atom. The Morgan fingerprint density at radius 1 is 1.04 bits per heavy atom. The third-order valence-corrected chi connectivity index (χ3v) is 10.6. The SMILES string of the molecule is C=CC(=O)N1CCn2nc(-c3nc(-c4ccc5c(c4)CCN(C)[C@H]5C)c4ccsc4c3-c3c(F)cc(F)cc3OCCOC)cc2[C@H]1C. The van der Waals surface area contributed by atoms with Gasteiger partial charge in [0.1, 0.15) is 35.4 Å². The Kier molecular flexibility index (Phi) is 8.61. The molecule has 1 amide bonds. The summed E-state index contributed by atoms with van der Waals surface area (Å²) < 4.78 is 44.6. The van der Waals surface area contributed by atoms with Crippen LogP contribution in [0.2, 0.25) is 0 Å². The minimum atomic E-state index is -0.764. The summed E-state index contributed by atoms with van der Waals surface area (Å²) in [6, 6.07) is 12.5. The summed E-state index contributed by atoms with van der Waals surface area (Å²) >= 11 is 1.46. The van der Waals surface area contributed by atoms with Gasteiger partial charge in [-0.2, -0.15) is 5.10 Å². The zero-order chi connectivity index (χ0) is 33.7. The number of likely N-dealkylation sites (N-methyl/N-ethyl adjacent to an activating group) is 1. The molecule has 2 aliphatic heterocycles. The van der Waals surface area contributed by atoms with Crippen molar-refractivity contribution < 1.29 is 23.0 Å². The molecule has 5 heterocycles. The van der Waals surface area contributed by atoms with Crippen LogP contribution in [-0.2, 0) is 22.5 Å². The lowest BCUT2D eigenvalue weighted by Gasteiger charge is -2.33. The third kappa shape index (κ3) is 5.49. The molecule has 0 bridgehead atoms. The van der Waals surface area contributed by atoms with E-state index in [-0.39, 0.29) is 36.5 Å². The van der Waals surface area contributed by atoms with Gasteiger partial charge in [0.25, 0.3) is 0 Å². The molecule has 0 aliphatic carbocycles. The lowest BCUT2D eigenvalue weighted by Crippen LogP contribution is -2.40. The molecule has 7 rings (SSSR count). The van der Waals surface area contributed by atoms with Crippen LogP contribution in [0.15, 0.2) is 60.5 Å². The molecule has 248 valence electrons. The van der Waals surface area contributed by atoms with Crippen LogP contribution >= 0.6 is 11.3 Å². The molecule has 2 atom stereocenters. The number of hydrogen-bond donors (Lipinski definition) is 0. The van der Waals surface area contributed by atoms with Crippen LogP contribution in [0.4, 0.5) is 8.78 Å². The number of nitrogens with zero attached hydrogens (tertiary/aromatic N) is 5. The molecular formula is C37H37F2N5O3S. The van der Waals surface area contributed by atoms with E-state index in [2.05, 4.69) is 43.6 Å². The summed E-state index contributed by atoms with van der Waals surface area (Å²) in [5.74, 6) is -1.61. The molecule has 0 saturated heterocycles. The van der Waals surface area contributed by atoms with Crippen LogP contribution in [0.3, 0.4) is 0 Å². The largest absolute Gasteiger partial charge is 0.490 e. The van der Waals surface area contributed by atoms with E-state index in [1.807, 2.05) is 29.1 Å². The molecule has 2 aliphatic rings. The predicted molar refractivity (Wildman–Crippen MR) is 184 cm³/mol. The van der Waals surface area contributed by atoms with E-state index >= 15 is 4.39 Å². The monoisotopic (exact) mass is 669 g/mol. The number of carbonyl (C=O) groups is 1. The molecule has 11 heteroatoms. The number of ether oxygens (including phenoxy) is 2. The van der Waals surface area contributed by atoms with Crippen LogP contribution in [0.5, 0.6) is 5.75 Å². The molecule has 0 N–H and O–H groups in total. The predicted octanol–water partition coefficient (Wildman–Crippen LogP) is 7.44. The summed E-state index contributed by atoms with van der Waals surface area (Å²) in [6.45, 7) is 10.1. The second-order valence-electron chi connectivity index (χ2n) is 12.4. The highest BCUT2D eigenvalue weighted by atomic mass is 32.1. The number of thiophene rings is 1. The Balaban J connectivity index is 1.48. The lowest BCUT2D eigenvalue weighted by atomic mass is 9.90. The summed E-state index contributed by atoms with van der Waals surface area (Å²) in [6.07, 6.45) is 2.25. The first-order chi connectivity index (χ1) is 23.2. The fraction of sp³-hybridized carbons (Fsp3) is 0.324. The molecule has 0 spiro atoms. The van der Waals surface area contributed by atoms with Crippen molar-refractivity contribution >= 4 is 27.3 Å². The van der Waals surface area contributed by atoms with Crippen molar-refractivity contribution in [1.29, 1.82) is 0 Å². The number of methoxy groups -OCH3 is 1. The van der Waals surface area contributed by atoms with Gasteiger partial charge in [0.2, 0.25) is 5.91 Å². The summed E-state index contributed by atoms with van der Waals surface area (Å²) in [7, 11) is 3.68. The molecule has 8 nitrogen and oxygen atoms in total. The molecule has 0 saturated carbocycles. The van der Waals surface area contributed by atoms with E-state index in [0.29, 0.717) is 36.1 Å². The topological polar surface area (TPSA) is 72.7 Å². The van der Waals surface area contributed by atoms with Gasteiger partial charge in [0.05, 0.1) is 36.1 Å². The van der Waals surface area contributed by atoms with Gasteiger partial charge in [-0.05, 0) is 68.1 Å². The highest BCUT2D eigenvalue weighted by Gasteiger charge is 2.32. The first kappa shape index (κ1) is 32.1. The normalized spacial score (nSPS) is 17.8. The van der Waals surface area contributed by atoms with Gasteiger partial charge in [0.15, 0.2) is 0 Å². The quantitative estimate of drug-likeness (QED) is 0.126. The van der Waals surface area contributed by atoms with Crippen LogP contribution in [0, 0.1) is 11.6 Å². The third-order valence-electron chi connectivity index (χ3n) is 9.64. The van der Waals surface area contributed by atoms with Crippen LogP contribution in [-0.4, -0.2) is 70.9 Å². The molecule has 0 fully saturated rings. The Bertz CT molecular complexity index is 2060. The van der Waals surface area contributed by atoms with Gasteiger partial charge in [-0.3, -0.25) is 14.4 Å². The number of amides is 1. The highest BCUT2D eigenvalue weighted by Crippen LogP contribution is 2.48. The number of carbonyl (C=O) groups excluding carboxylic acids is 1. The number of pyridine rings is 1. The van der Waals surface area contributed by atoms with Crippen molar-refractivity contribution in [3.8, 4) is 39.5 Å². The van der Waals surface area contributed by atoms with Crippen LogP contribution < -0.4 is 4.74 Å². The minimum Gasteiger partial charge on any atom is -0.490 e. The summed E-state index contributed by atoms with van der Waals surface area (Å²) in [5, 5.41) is 7.79. The lowest BCUT2D eigenvalue weighted by molar-refractivity contribution is -0.129. The van der Waals surface area contributed by atoms with Gasteiger partial charge in [-0.1, -0.05) is 18.7 Å². The zero-order valence-corrected chi connectivity index (χ0v) is 28.2. The number of fused-ring (bicyclic) bond motifs is 3. The average molecular weight is 670 g/mol. The maximum atomic E-state index is 16.1. The Hall–Kier alpha value is -4.45. The number of hydrogen-bond acceptors (Lipinski definition) is 7. The van der Waals surface area contributed by atoms with Crippen molar-refractivity contribution in [2.75, 3.05) is 40.5 Å². The average Bonchev–Trinajstić information content (AvgIpc) is 3.74. The zero-order valence-electron chi connectivity index (χ0n) is 27.4. The van der Waals surface area contributed by atoms with Gasteiger partial charge >= 0.3 is 0 Å². The van der Waals surface area contributed by atoms with E-state index < -0.39 is 11.6 Å². The van der Waals surface area contributed by atoms with E-state index in [0.717, 1.165) is 46.1 Å². The molecule has 0 unspecified atom stereocenters. The molecule has 48 heavy (non-hydrogen) atoms. The molecule has 2 aromatic carbocycles. The van der Waals surface area contributed by atoms with Crippen molar-refractivity contribution in [1.82, 2.24) is 24.6 Å². The van der Waals surface area contributed by atoms with Crippen LogP contribution in [0.25, 0.3) is 43.9 Å². The molecule has 5 aromatic rings. The van der Waals surface area contributed by atoms with Crippen molar-refractivity contribution in [3.63, 3.8) is 0 Å². The van der Waals surface area contributed by atoms with Crippen molar-refractivity contribution in [2.24, 2.45) is 0 Å². The Labute approximate surface area is 282 Å². The second-order valence-corrected chi connectivity index (χ2v) is 13.3. The second kappa shape index (κ2) is 12.9. The van der Waals surface area contributed by atoms with Crippen molar-refractivity contribution in [3.05, 3.63) is 89.0 Å². The molecule has 0 radical (unpaired) electrons. The maximum Gasteiger partial charge on any atom is 0.246 e. The number of rotatable bonds is 8. The van der Waals surface area contributed by atoms with Gasteiger partial charge in [-0.15, -0.1) is 11.3 Å². The van der Waals surface area contributed by atoms with Gasteiger partial charge < -0.3 is 14.4 Å². The van der Waals surface area contributed by atoms with Crippen molar-refractivity contribution in [2.45, 2.75) is 38.9 Å². The van der Waals surface area contributed by atoms with E-state index in [1.54, 1.807) is 4.90 Å². The van der Waals surface area contributed by atoms with Gasteiger partial charge in [0, 0.05) is 59.6 Å². The minimum absolute atomic E-state index is 0.0574. The van der Waals surface area contributed by atoms with Gasteiger partial charge in [-0.25, -0.2) is 13.8 Å². The number of benzene rings is 2. The first-order valence-electron chi connectivity index (χ1n) is 16.1. The van der Waals surface area contributed by atoms with E-state index in [1.165, 1.54) is 41.7 Å². The molecular weight excluding hydrogens is 633 g/mol. The smallest absolute Gasteiger partial charge is 0.246 e. The standard InChI is InChI=1S/C37H37F2N5O3S/c1-6-32(45)43-12-13-44-30(22(43)3)20-29(41-44)36-34(33-28(39)18-25(38)19-31(33)47-15-14-46-5)37-27(10-16-48-37)35(40-36)24-7-8-26-21(2)42(4)11-9-23(26)17-24/h6-8,10,16-22H,1,9,11-15H2,2-5H3/t21-,22+/m0/s1. The maximum absolute atomic E-state index is 16.1. The first-order valence-corrected chi connectivity index (χ1v) is 16.9. The number of halogens is 2. The Morgan fingerprint density at radius 3 is 2.67 bits per heavy atom. The fourth-order valence-corrected chi connectivity index (χ4v) is 7.89. The van der Waals surface area contributed by atoms with Crippen LogP contribution in [0.1, 0.15) is 42.8 Å². The molecule has 3 aromatic heterocycles. The number of aromatic nitrogens is 3. The fourth-order valence-electron chi connectivity index (χ4n) is 6.94.